The fraction of sp³-hybridized carbons (Fsp3) is 0.150. The number of hydrogen-bond donors (Lipinski definition) is 3. The molecule has 0 saturated heterocycles. The molecular weight excluding hydrogens is 326 g/mol. The summed E-state index contributed by atoms with van der Waals surface area (Å²) in [4.78, 5) is 19.8. The highest BCUT2D eigenvalue weighted by atomic mass is 16.1. The summed E-state index contributed by atoms with van der Waals surface area (Å²) in [5.41, 5.74) is 2.91. The SMILES string of the molecule is CC(=O)Nc1ccc(Nc2ccnc(NCCc3ccccc3)n2)cc1. The molecule has 0 spiro atoms. The first-order valence-electron chi connectivity index (χ1n) is 8.44. The van der Waals surface area contributed by atoms with Crippen LogP contribution >= 0.6 is 0 Å². The van der Waals surface area contributed by atoms with Crippen molar-refractivity contribution in [2.45, 2.75) is 13.3 Å². The van der Waals surface area contributed by atoms with Crippen LogP contribution in [0, 0.1) is 0 Å². The molecule has 6 nitrogen and oxygen atoms in total. The van der Waals surface area contributed by atoms with Crippen molar-refractivity contribution in [3.63, 3.8) is 0 Å². The van der Waals surface area contributed by atoms with Crippen molar-refractivity contribution in [2.75, 3.05) is 22.5 Å². The lowest BCUT2D eigenvalue weighted by molar-refractivity contribution is -0.114. The molecule has 132 valence electrons. The number of nitrogens with one attached hydrogen (secondary N) is 3. The molecule has 0 radical (unpaired) electrons. The van der Waals surface area contributed by atoms with Gasteiger partial charge in [-0.15, -0.1) is 0 Å². The summed E-state index contributed by atoms with van der Waals surface area (Å²) < 4.78 is 0. The molecule has 1 heterocycles. The van der Waals surface area contributed by atoms with Crippen LogP contribution in [0.2, 0.25) is 0 Å². The normalized spacial score (nSPS) is 10.2. The zero-order valence-electron chi connectivity index (χ0n) is 14.6. The van der Waals surface area contributed by atoms with Crippen LogP contribution in [0.5, 0.6) is 0 Å². The molecule has 0 aliphatic rings. The first-order chi connectivity index (χ1) is 12.7. The summed E-state index contributed by atoms with van der Waals surface area (Å²) in [6.07, 6.45) is 2.62. The van der Waals surface area contributed by atoms with Gasteiger partial charge in [-0.3, -0.25) is 4.79 Å². The van der Waals surface area contributed by atoms with Crippen LogP contribution in [0.15, 0.2) is 66.9 Å². The molecule has 26 heavy (non-hydrogen) atoms. The molecule has 6 heteroatoms. The number of amides is 1. The van der Waals surface area contributed by atoms with E-state index in [0.717, 1.165) is 24.3 Å². The molecule has 0 aliphatic carbocycles. The van der Waals surface area contributed by atoms with Crippen molar-refractivity contribution < 1.29 is 4.79 Å². The van der Waals surface area contributed by atoms with Gasteiger partial charge in [0.2, 0.25) is 11.9 Å². The lowest BCUT2D eigenvalue weighted by atomic mass is 10.1. The van der Waals surface area contributed by atoms with Gasteiger partial charge in [0.15, 0.2) is 0 Å². The molecule has 0 atom stereocenters. The van der Waals surface area contributed by atoms with E-state index in [-0.39, 0.29) is 5.91 Å². The summed E-state index contributed by atoms with van der Waals surface area (Å²) in [5, 5.41) is 9.21. The van der Waals surface area contributed by atoms with Gasteiger partial charge >= 0.3 is 0 Å². The van der Waals surface area contributed by atoms with E-state index in [0.29, 0.717) is 11.8 Å². The Morgan fingerprint density at radius 2 is 1.69 bits per heavy atom. The van der Waals surface area contributed by atoms with Gasteiger partial charge in [0.25, 0.3) is 0 Å². The van der Waals surface area contributed by atoms with E-state index < -0.39 is 0 Å². The fourth-order valence-corrected chi connectivity index (χ4v) is 2.46. The summed E-state index contributed by atoms with van der Waals surface area (Å²) >= 11 is 0. The van der Waals surface area contributed by atoms with Crippen molar-refractivity contribution in [1.82, 2.24) is 9.97 Å². The Bertz CT molecular complexity index is 850. The van der Waals surface area contributed by atoms with Crippen molar-refractivity contribution in [3.8, 4) is 0 Å². The second kappa shape index (κ2) is 8.62. The molecule has 0 aliphatic heterocycles. The van der Waals surface area contributed by atoms with Crippen molar-refractivity contribution in [3.05, 3.63) is 72.4 Å². The molecule has 2 aromatic carbocycles. The van der Waals surface area contributed by atoms with E-state index in [9.17, 15) is 4.79 Å². The topological polar surface area (TPSA) is 78.9 Å². The van der Waals surface area contributed by atoms with E-state index in [4.69, 9.17) is 0 Å². The zero-order chi connectivity index (χ0) is 18.2. The van der Waals surface area contributed by atoms with Gasteiger partial charge in [0.05, 0.1) is 0 Å². The predicted molar refractivity (Wildman–Crippen MR) is 105 cm³/mol. The maximum absolute atomic E-state index is 11.1. The second-order valence-electron chi connectivity index (χ2n) is 5.81. The highest BCUT2D eigenvalue weighted by Gasteiger charge is 2.01. The lowest BCUT2D eigenvalue weighted by Gasteiger charge is -2.09. The first kappa shape index (κ1) is 17.4. The molecule has 3 rings (SSSR count). The Morgan fingerprint density at radius 3 is 2.42 bits per heavy atom. The van der Waals surface area contributed by atoms with Crippen LogP contribution in [-0.2, 0) is 11.2 Å². The third kappa shape index (κ3) is 5.31. The quantitative estimate of drug-likeness (QED) is 0.605. The number of carbonyl (C=O) groups excluding carboxylic acids is 1. The number of anilines is 4. The second-order valence-corrected chi connectivity index (χ2v) is 5.81. The minimum atomic E-state index is -0.0901. The van der Waals surface area contributed by atoms with Crippen molar-refractivity contribution in [2.24, 2.45) is 0 Å². The van der Waals surface area contributed by atoms with E-state index in [1.54, 1.807) is 6.20 Å². The maximum atomic E-state index is 11.1. The molecular formula is C20H21N5O. The molecule has 1 amide bonds. The summed E-state index contributed by atoms with van der Waals surface area (Å²) in [6.45, 7) is 2.25. The fourth-order valence-electron chi connectivity index (χ4n) is 2.46. The minimum absolute atomic E-state index is 0.0901. The number of carbonyl (C=O) groups is 1. The lowest BCUT2D eigenvalue weighted by Crippen LogP contribution is -2.08. The van der Waals surface area contributed by atoms with E-state index >= 15 is 0 Å². The molecule has 0 saturated carbocycles. The Balaban J connectivity index is 1.56. The zero-order valence-corrected chi connectivity index (χ0v) is 14.6. The Kier molecular flexibility index (Phi) is 5.77. The standard InChI is InChI=1S/C20H21N5O/c1-15(26)23-17-7-9-18(10-8-17)24-19-12-14-22-20(25-19)21-13-11-16-5-3-2-4-6-16/h2-10,12,14H,11,13H2,1H3,(H,23,26)(H2,21,22,24,25). The van der Waals surface area contributed by atoms with E-state index in [1.807, 2.05) is 48.5 Å². The molecule has 0 fully saturated rings. The van der Waals surface area contributed by atoms with Gasteiger partial charge in [-0.05, 0) is 42.3 Å². The Hall–Kier alpha value is -3.41. The highest BCUT2D eigenvalue weighted by molar-refractivity contribution is 5.88. The van der Waals surface area contributed by atoms with E-state index in [1.165, 1.54) is 12.5 Å². The minimum Gasteiger partial charge on any atom is -0.354 e. The van der Waals surface area contributed by atoms with Gasteiger partial charge < -0.3 is 16.0 Å². The maximum Gasteiger partial charge on any atom is 0.224 e. The molecule has 3 aromatic rings. The van der Waals surface area contributed by atoms with Crippen LogP contribution < -0.4 is 16.0 Å². The van der Waals surface area contributed by atoms with Gasteiger partial charge in [-0.1, -0.05) is 30.3 Å². The third-order valence-corrected chi connectivity index (χ3v) is 3.67. The number of nitrogens with zero attached hydrogens (tertiary/aromatic N) is 2. The van der Waals surface area contributed by atoms with Crippen LogP contribution in [-0.4, -0.2) is 22.4 Å². The van der Waals surface area contributed by atoms with Crippen LogP contribution in [0.25, 0.3) is 0 Å². The Labute approximate surface area is 152 Å². The third-order valence-electron chi connectivity index (χ3n) is 3.67. The van der Waals surface area contributed by atoms with Gasteiger partial charge in [-0.25, -0.2) is 4.98 Å². The molecule has 3 N–H and O–H groups in total. The monoisotopic (exact) mass is 347 g/mol. The molecule has 0 unspecified atom stereocenters. The predicted octanol–water partition coefficient (Wildman–Crippen LogP) is 3.83. The Morgan fingerprint density at radius 1 is 0.962 bits per heavy atom. The number of rotatable bonds is 7. The molecule has 0 bridgehead atoms. The largest absolute Gasteiger partial charge is 0.354 e. The average Bonchev–Trinajstić information content (AvgIpc) is 2.64. The highest BCUT2D eigenvalue weighted by Crippen LogP contribution is 2.18. The number of hydrogen-bond acceptors (Lipinski definition) is 5. The van der Waals surface area contributed by atoms with Crippen LogP contribution in [0.1, 0.15) is 12.5 Å². The molecule has 1 aromatic heterocycles. The van der Waals surface area contributed by atoms with Gasteiger partial charge in [0, 0.05) is 31.0 Å². The van der Waals surface area contributed by atoms with Crippen molar-refractivity contribution in [1.29, 1.82) is 0 Å². The number of aromatic nitrogens is 2. The van der Waals surface area contributed by atoms with Gasteiger partial charge in [0.1, 0.15) is 5.82 Å². The van der Waals surface area contributed by atoms with Crippen LogP contribution in [0.3, 0.4) is 0 Å². The first-order valence-corrected chi connectivity index (χ1v) is 8.44. The van der Waals surface area contributed by atoms with E-state index in [2.05, 4.69) is 38.1 Å². The smallest absolute Gasteiger partial charge is 0.224 e. The average molecular weight is 347 g/mol. The summed E-state index contributed by atoms with van der Waals surface area (Å²) in [6, 6.07) is 19.5. The van der Waals surface area contributed by atoms with Gasteiger partial charge in [-0.2, -0.15) is 4.98 Å². The van der Waals surface area contributed by atoms with Crippen LogP contribution in [0.4, 0.5) is 23.1 Å². The number of benzene rings is 2. The summed E-state index contributed by atoms with van der Waals surface area (Å²) in [7, 11) is 0. The summed E-state index contributed by atoms with van der Waals surface area (Å²) in [5.74, 6) is 1.20. The van der Waals surface area contributed by atoms with Crippen molar-refractivity contribution >= 4 is 29.0 Å².